The number of hydrogen-bond acceptors (Lipinski definition) is 2. The lowest BCUT2D eigenvalue weighted by atomic mass is 10.1. The Morgan fingerprint density at radius 3 is 2.50 bits per heavy atom. The molecule has 5 heteroatoms. The third-order valence-corrected chi connectivity index (χ3v) is 2.59. The zero-order chi connectivity index (χ0) is 11.6. The smallest absolute Gasteiger partial charge is 0.213 e. The number of epoxide rings is 1. The summed E-state index contributed by atoms with van der Waals surface area (Å²) in [5.74, 6) is 0. The molecule has 88 valence electrons. The predicted molar refractivity (Wildman–Crippen MR) is 65.2 cm³/mol. The fourth-order valence-electron chi connectivity index (χ4n) is 1.50. The summed E-state index contributed by atoms with van der Waals surface area (Å²) in [6.07, 6.45) is 0.200. The van der Waals surface area contributed by atoms with E-state index >= 15 is 0 Å². The van der Waals surface area contributed by atoms with Gasteiger partial charge in [-0.1, -0.05) is 65.1 Å². The highest BCUT2D eigenvalue weighted by Gasteiger charge is 2.40. The van der Waals surface area contributed by atoms with Gasteiger partial charge in [-0.15, -0.1) is 0 Å². The van der Waals surface area contributed by atoms with E-state index in [0.29, 0.717) is 6.61 Å². The number of rotatable bonds is 4. The van der Waals surface area contributed by atoms with Crippen LogP contribution in [0.3, 0.4) is 0 Å². The van der Waals surface area contributed by atoms with E-state index in [1.807, 2.05) is 30.3 Å². The molecule has 0 bridgehead atoms. The van der Waals surface area contributed by atoms with Crippen molar-refractivity contribution in [3.8, 4) is 0 Å². The van der Waals surface area contributed by atoms with Crippen LogP contribution in [-0.4, -0.2) is 23.1 Å². The third-order valence-electron chi connectivity index (χ3n) is 2.26. The van der Waals surface area contributed by atoms with E-state index in [-0.39, 0.29) is 18.8 Å². The maximum absolute atomic E-state index is 5.56. The number of halogens is 3. The lowest BCUT2D eigenvalue weighted by Crippen LogP contribution is -2.15. The summed E-state index contributed by atoms with van der Waals surface area (Å²) in [6.45, 7) is 0.534. The van der Waals surface area contributed by atoms with Crippen LogP contribution in [0.5, 0.6) is 0 Å². The van der Waals surface area contributed by atoms with Crippen molar-refractivity contribution in [2.24, 2.45) is 0 Å². The molecule has 0 N–H and O–H groups in total. The molecule has 1 aliphatic rings. The van der Waals surface area contributed by atoms with Gasteiger partial charge in [0.15, 0.2) is 0 Å². The van der Waals surface area contributed by atoms with Gasteiger partial charge in [0.2, 0.25) is 3.79 Å². The molecule has 1 aromatic rings. The molecule has 2 atom stereocenters. The molecule has 0 aromatic heterocycles. The van der Waals surface area contributed by atoms with Crippen LogP contribution in [0, 0.1) is 0 Å². The van der Waals surface area contributed by atoms with E-state index < -0.39 is 3.79 Å². The Kier molecular flexibility index (Phi) is 3.98. The van der Waals surface area contributed by atoms with Crippen LogP contribution >= 0.6 is 34.8 Å². The minimum absolute atomic E-state index is 0.0785. The molecule has 1 aliphatic heterocycles. The summed E-state index contributed by atoms with van der Waals surface area (Å²) in [4.78, 5) is 0. The lowest BCUT2D eigenvalue weighted by Gasteiger charge is -2.09. The second-order valence-electron chi connectivity index (χ2n) is 3.64. The molecule has 0 radical (unpaired) electrons. The van der Waals surface area contributed by atoms with Crippen LogP contribution in [-0.2, 0) is 9.47 Å². The highest BCUT2D eigenvalue weighted by Crippen LogP contribution is 2.39. The first-order valence-corrected chi connectivity index (χ1v) is 6.04. The Morgan fingerprint density at radius 2 is 1.88 bits per heavy atom. The number of benzene rings is 1. The van der Waals surface area contributed by atoms with Gasteiger partial charge in [0.25, 0.3) is 0 Å². The van der Waals surface area contributed by atoms with E-state index in [1.165, 1.54) is 0 Å². The van der Waals surface area contributed by atoms with Gasteiger partial charge in [-0.05, 0) is 5.56 Å². The molecule has 0 spiro atoms. The molecule has 1 fully saturated rings. The topological polar surface area (TPSA) is 21.8 Å². The van der Waals surface area contributed by atoms with Crippen molar-refractivity contribution in [1.29, 1.82) is 0 Å². The van der Waals surface area contributed by atoms with E-state index in [4.69, 9.17) is 44.3 Å². The normalized spacial score (nSPS) is 24.4. The van der Waals surface area contributed by atoms with Crippen molar-refractivity contribution >= 4 is 34.8 Å². The van der Waals surface area contributed by atoms with E-state index in [0.717, 1.165) is 5.56 Å². The summed E-state index contributed by atoms with van der Waals surface area (Å²) in [5, 5.41) is 0. The first-order chi connectivity index (χ1) is 7.56. The number of hydrogen-bond donors (Lipinski definition) is 0. The lowest BCUT2D eigenvalue weighted by molar-refractivity contribution is 0.121. The Morgan fingerprint density at radius 1 is 1.19 bits per heavy atom. The van der Waals surface area contributed by atoms with Crippen molar-refractivity contribution in [2.75, 3.05) is 13.2 Å². The van der Waals surface area contributed by atoms with E-state index in [9.17, 15) is 0 Å². The van der Waals surface area contributed by atoms with Crippen LogP contribution in [0.4, 0.5) is 0 Å². The van der Waals surface area contributed by atoms with Gasteiger partial charge in [0.1, 0.15) is 12.2 Å². The molecule has 0 unspecified atom stereocenters. The van der Waals surface area contributed by atoms with Crippen LogP contribution < -0.4 is 0 Å². The summed E-state index contributed by atoms with van der Waals surface area (Å²) in [6, 6.07) is 9.99. The van der Waals surface area contributed by atoms with Gasteiger partial charge in [-0.25, -0.2) is 0 Å². The van der Waals surface area contributed by atoms with Crippen molar-refractivity contribution in [2.45, 2.75) is 16.0 Å². The molecular weight excluding hydrogens is 270 g/mol. The summed E-state index contributed by atoms with van der Waals surface area (Å²) >= 11 is 16.7. The third kappa shape index (κ3) is 3.79. The Labute approximate surface area is 109 Å². The van der Waals surface area contributed by atoms with Gasteiger partial charge >= 0.3 is 0 Å². The summed E-state index contributed by atoms with van der Waals surface area (Å²) in [5.41, 5.74) is 1.16. The number of ether oxygens (including phenoxy) is 2. The Hall–Kier alpha value is 0.01000. The van der Waals surface area contributed by atoms with Gasteiger partial charge < -0.3 is 9.47 Å². The minimum atomic E-state index is -1.35. The first-order valence-electron chi connectivity index (χ1n) is 4.91. The second kappa shape index (κ2) is 5.11. The minimum Gasteiger partial charge on any atom is -0.374 e. The molecule has 16 heavy (non-hydrogen) atoms. The predicted octanol–water partition coefficient (Wildman–Crippen LogP) is 3.51. The molecule has 0 amide bonds. The Balaban J connectivity index is 1.72. The monoisotopic (exact) mass is 280 g/mol. The summed E-state index contributed by atoms with van der Waals surface area (Å²) < 4.78 is 9.37. The maximum atomic E-state index is 5.56. The quantitative estimate of drug-likeness (QED) is 0.622. The first kappa shape index (κ1) is 12.5. The molecule has 0 saturated carbocycles. The SMILES string of the molecule is ClC(Cl)(Cl)COC[C@@H]1O[C@H]1c1ccccc1. The Bertz CT molecular complexity index is 337. The average molecular weight is 282 g/mol. The highest BCUT2D eigenvalue weighted by atomic mass is 35.6. The fraction of sp³-hybridized carbons (Fsp3) is 0.455. The zero-order valence-electron chi connectivity index (χ0n) is 8.41. The molecule has 2 nitrogen and oxygen atoms in total. The van der Waals surface area contributed by atoms with Crippen LogP contribution in [0.15, 0.2) is 30.3 Å². The van der Waals surface area contributed by atoms with Crippen LogP contribution in [0.25, 0.3) is 0 Å². The van der Waals surface area contributed by atoms with Gasteiger partial charge in [0.05, 0.1) is 13.2 Å². The highest BCUT2D eigenvalue weighted by molar-refractivity contribution is 6.67. The second-order valence-corrected chi connectivity index (χ2v) is 6.15. The van der Waals surface area contributed by atoms with Gasteiger partial charge in [-0.3, -0.25) is 0 Å². The van der Waals surface area contributed by atoms with Crippen molar-refractivity contribution < 1.29 is 9.47 Å². The van der Waals surface area contributed by atoms with Gasteiger partial charge in [-0.2, -0.15) is 0 Å². The standard InChI is InChI=1S/C11H11Cl3O2/c12-11(13,14)7-15-6-9-10(16-9)8-4-2-1-3-5-8/h1-5,9-10H,6-7H2/t9-,10-/m0/s1. The molecule has 2 rings (SSSR count). The molecular formula is C11H11Cl3O2. The molecule has 1 heterocycles. The molecule has 1 saturated heterocycles. The van der Waals surface area contributed by atoms with Crippen LogP contribution in [0.2, 0.25) is 0 Å². The largest absolute Gasteiger partial charge is 0.374 e. The van der Waals surface area contributed by atoms with Crippen molar-refractivity contribution in [3.63, 3.8) is 0 Å². The van der Waals surface area contributed by atoms with Crippen molar-refractivity contribution in [1.82, 2.24) is 0 Å². The summed E-state index contributed by atoms with van der Waals surface area (Å²) in [7, 11) is 0. The van der Waals surface area contributed by atoms with E-state index in [1.54, 1.807) is 0 Å². The van der Waals surface area contributed by atoms with E-state index in [2.05, 4.69) is 0 Å². The molecule has 1 aromatic carbocycles. The van der Waals surface area contributed by atoms with Crippen LogP contribution in [0.1, 0.15) is 11.7 Å². The maximum Gasteiger partial charge on any atom is 0.213 e. The molecule has 0 aliphatic carbocycles. The van der Waals surface area contributed by atoms with Crippen molar-refractivity contribution in [3.05, 3.63) is 35.9 Å². The number of alkyl halides is 3. The average Bonchev–Trinajstić information content (AvgIpc) is 2.97. The van der Waals surface area contributed by atoms with Gasteiger partial charge in [0, 0.05) is 0 Å². The fourth-order valence-corrected chi connectivity index (χ4v) is 1.73. The zero-order valence-corrected chi connectivity index (χ0v) is 10.7.